The molecule has 2 rings (SSSR count). The molecule has 0 saturated carbocycles. The maximum Gasteiger partial charge on any atom is 0.258 e. The zero-order chi connectivity index (χ0) is 18.2. The van der Waals surface area contributed by atoms with E-state index in [1.807, 2.05) is 70.2 Å². The largest absolute Gasteiger partial charge is 0.491 e. The standard InChI is InChI=1S/C21H27NO3/c1-5-18(13-24-19-11-6-8-15(2)12-19)22-20(23)14-25-21-16(3)9-7-10-17(21)4/h6-12,18H,5,13-14H2,1-4H3,(H,22,23). The second kappa shape index (κ2) is 9.11. The van der Waals surface area contributed by atoms with Crippen molar-refractivity contribution in [3.05, 3.63) is 59.2 Å². The first-order chi connectivity index (χ1) is 12.0. The Bertz CT molecular complexity index is 692. The normalized spacial score (nSPS) is 11.7. The van der Waals surface area contributed by atoms with Crippen molar-refractivity contribution in [3.63, 3.8) is 0 Å². The zero-order valence-corrected chi connectivity index (χ0v) is 15.5. The Kier molecular flexibility index (Phi) is 6.87. The van der Waals surface area contributed by atoms with Crippen LogP contribution in [0.15, 0.2) is 42.5 Å². The monoisotopic (exact) mass is 341 g/mol. The first-order valence-corrected chi connectivity index (χ1v) is 8.67. The van der Waals surface area contributed by atoms with Crippen LogP contribution in [-0.2, 0) is 4.79 Å². The second-order valence-electron chi connectivity index (χ2n) is 6.31. The molecule has 1 unspecified atom stereocenters. The van der Waals surface area contributed by atoms with Gasteiger partial charge in [-0.3, -0.25) is 4.79 Å². The van der Waals surface area contributed by atoms with E-state index in [0.29, 0.717) is 6.61 Å². The van der Waals surface area contributed by atoms with Gasteiger partial charge in [-0.05, 0) is 56.0 Å². The van der Waals surface area contributed by atoms with E-state index in [0.717, 1.165) is 34.6 Å². The van der Waals surface area contributed by atoms with Crippen LogP contribution in [0.5, 0.6) is 11.5 Å². The molecule has 134 valence electrons. The highest BCUT2D eigenvalue weighted by atomic mass is 16.5. The third-order valence-electron chi connectivity index (χ3n) is 4.05. The Hall–Kier alpha value is -2.49. The van der Waals surface area contributed by atoms with E-state index < -0.39 is 0 Å². The lowest BCUT2D eigenvalue weighted by molar-refractivity contribution is -0.124. The summed E-state index contributed by atoms with van der Waals surface area (Å²) in [7, 11) is 0. The smallest absolute Gasteiger partial charge is 0.258 e. The summed E-state index contributed by atoms with van der Waals surface area (Å²) in [5.41, 5.74) is 3.21. The topological polar surface area (TPSA) is 47.6 Å². The van der Waals surface area contributed by atoms with Crippen LogP contribution in [0, 0.1) is 20.8 Å². The number of para-hydroxylation sites is 1. The van der Waals surface area contributed by atoms with Gasteiger partial charge in [0, 0.05) is 0 Å². The van der Waals surface area contributed by atoms with E-state index in [1.165, 1.54) is 0 Å². The number of benzene rings is 2. The molecule has 0 bridgehead atoms. The maximum atomic E-state index is 12.2. The van der Waals surface area contributed by atoms with Crippen LogP contribution < -0.4 is 14.8 Å². The van der Waals surface area contributed by atoms with Crippen molar-refractivity contribution >= 4 is 5.91 Å². The highest BCUT2D eigenvalue weighted by molar-refractivity contribution is 5.78. The molecule has 0 heterocycles. The van der Waals surface area contributed by atoms with Crippen LogP contribution in [0.25, 0.3) is 0 Å². The van der Waals surface area contributed by atoms with Crippen LogP contribution in [0.4, 0.5) is 0 Å². The molecule has 0 saturated heterocycles. The third-order valence-corrected chi connectivity index (χ3v) is 4.05. The molecule has 1 atom stereocenters. The van der Waals surface area contributed by atoms with Gasteiger partial charge >= 0.3 is 0 Å². The quantitative estimate of drug-likeness (QED) is 0.790. The lowest BCUT2D eigenvalue weighted by Crippen LogP contribution is -2.41. The SMILES string of the molecule is CCC(COc1cccc(C)c1)NC(=O)COc1c(C)cccc1C. The fraction of sp³-hybridized carbons (Fsp3) is 0.381. The number of aryl methyl sites for hydroxylation is 3. The number of amides is 1. The molecular formula is C21H27NO3. The Morgan fingerprint density at radius 2 is 1.72 bits per heavy atom. The number of hydrogen-bond acceptors (Lipinski definition) is 3. The summed E-state index contributed by atoms with van der Waals surface area (Å²) in [5, 5.41) is 2.97. The summed E-state index contributed by atoms with van der Waals surface area (Å²) >= 11 is 0. The minimum absolute atomic E-state index is 0.00659. The van der Waals surface area contributed by atoms with E-state index in [4.69, 9.17) is 9.47 Å². The van der Waals surface area contributed by atoms with Crippen molar-refractivity contribution in [2.24, 2.45) is 0 Å². The van der Waals surface area contributed by atoms with Crippen LogP contribution in [0.1, 0.15) is 30.0 Å². The van der Waals surface area contributed by atoms with Crippen LogP contribution in [-0.4, -0.2) is 25.2 Å². The van der Waals surface area contributed by atoms with E-state index in [-0.39, 0.29) is 18.6 Å². The van der Waals surface area contributed by atoms with Crippen molar-refractivity contribution in [1.82, 2.24) is 5.32 Å². The Balaban J connectivity index is 1.83. The molecule has 4 nitrogen and oxygen atoms in total. The minimum atomic E-state index is -0.137. The van der Waals surface area contributed by atoms with Gasteiger partial charge in [0.05, 0.1) is 6.04 Å². The summed E-state index contributed by atoms with van der Waals surface area (Å²) in [6.07, 6.45) is 0.793. The molecule has 0 aliphatic rings. The Morgan fingerprint density at radius 3 is 2.36 bits per heavy atom. The van der Waals surface area contributed by atoms with E-state index in [9.17, 15) is 4.79 Å². The van der Waals surface area contributed by atoms with Gasteiger partial charge in [-0.1, -0.05) is 37.3 Å². The molecule has 0 spiro atoms. The molecule has 2 aromatic carbocycles. The molecule has 0 aliphatic carbocycles. The van der Waals surface area contributed by atoms with Gasteiger partial charge in [-0.15, -0.1) is 0 Å². The summed E-state index contributed by atoms with van der Waals surface area (Å²) in [6.45, 7) is 8.45. The first-order valence-electron chi connectivity index (χ1n) is 8.67. The molecule has 0 aliphatic heterocycles. The van der Waals surface area contributed by atoms with Gasteiger partial charge in [0.15, 0.2) is 6.61 Å². The Morgan fingerprint density at radius 1 is 1.04 bits per heavy atom. The van der Waals surface area contributed by atoms with E-state index in [2.05, 4.69) is 5.32 Å². The van der Waals surface area contributed by atoms with Gasteiger partial charge in [0.1, 0.15) is 18.1 Å². The molecule has 1 amide bonds. The molecule has 1 N–H and O–H groups in total. The lowest BCUT2D eigenvalue weighted by Gasteiger charge is -2.18. The van der Waals surface area contributed by atoms with Crippen molar-refractivity contribution in [2.45, 2.75) is 40.2 Å². The van der Waals surface area contributed by atoms with Crippen molar-refractivity contribution < 1.29 is 14.3 Å². The third kappa shape index (κ3) is 5.82. The molecule has 0 radical (unpaired) electrons. The van der Waals surface area contributed by atoms with Gasteiger partial charge in [0.2, 0.25) is 0 Å². The van der Waals surface area contributed by atoms with Crippen molar-refractivity contribution in [3.8, 4) is 11.5 Å². The van der Waals surface area contributed by atoms with E-state index >= 15 is 0 Å². The van der Waals surface area contributed by atoms with Gasteiger partial charge in [-0.2, -0.15) is 0 Å². The molecular weight excluding hydrogens is 314 g/mol. The molecule has 25 heavy (non-hydrogen) atoms. The maximum absolute atomic E-state index is 12.2. The molecule has 0 aromatic heterocycles. The molecule has 0 fully saturated rings. The number of carbonyl (C=O) groups excluding carboxylic acids is 1. The summed E-state index contributed by atoms with van der Waals surface area (Å²) in [6, 6.07) is 13.8. The van der Waals surface area contributed by atoms with E-state index in [1.54, 1.807) is 0 Å². The Labute approximate surface area is 150 Å². The van der Waals surface area contributed by atoms with Crippen molar-refractivity contribution in [1.29, 1.82) is 0 Å². The highest BCUT2D eigenvalue weighted by Gasteiger charge is 2.13. The average Bonchev–Trinajstić information content (AvgIpc) is 2.58. The summed E-state index contributed by atoms with van der Waals surface area (Å²) in [4.78, 5) is 12.2. The molecule has 4 heteroatoms. The van der Waals surface area contributed by atoms with Crippen LogP contribution in [0.2, 0.25) is 0 Å². The van der Waals surface area contributed by atoms with Gasteiger partial charge in [0.25, 0.3) is 5.91 Å². The lowest BCUT2D eigenvalue weighted by atomic mass is 10.1. The van der Waals surface area contributed by atoms with Gasteiger partial charge < -0.3 is 14.8 Å². The summed E-state index contributed by atoms with van der Waals surface area (Å²) in [5.74, 6) is 1.46. The zero-order valence-electron chi connectivity index (χ0n) is 15.5. The fourth-order valence-electron chi connectivity index (χ4n) is 2.60. The number of carbonyl (C=O) groups is 1. The number of hydrogen-bond donors (Lipinski definition) is 1. The predicted molar refractivity (Wildman–Crippen MR) is 100 cm³/mol. The number of ether oxygens (including phenoxy) is 2. The first kappa shape index (κ1) is 18.8. The average molecular weight is 341 g/mol. The minimum Gasteiger partial charge on any atom is -0.491 e. The number of nitrogens with one attached hydrogen (secondary N) is 1. The predicted octanol–water partition coefficient (Wildman–Crippen LogP) is 3.96. The highest BCUT2D eigenvalue weighted by Crippen LogP contribution is 2.22. The second-order valence-corrected chi connectivity index (χ2v) is 6.31. The molecule has 2 aromatic rings. The summed E-state index contributed by atoms with van der Waals surface area (Å²) < 4.78 is 11.5. The van der Waals surface area contributed by atoms with Gasteiger partial charge in [-0.25, -0.2) is 0 Å². The fourth-order valence-corrected chi connectivity index (χ4v) is 2.60. The van der Waals surface area contributed by atoms with Crippen LogP contribution in [0.3, 0.4) is 0 Å². The number of rotatable bonds is 8. The van der Waals surface area contributed by atoms with Crippen LogP contribution >= 0.6 is 0 Å². The van der Waals surface area contributed by atoms with Crippen molar-refractivity contribution in [2.75, 3.05) is 13.2 Å².